The molecule has 0 unspecified atom stereocenters. The third-order valence-electron chi connectivity index (χ3n) is 3.64. The summed E-state index contributed by atoms with van der Waals surface area (Å²) in [5.41, 5.74) is 1.92. The highest BCUT2D eigenvalue weighted by atomic mass is 32.1. The number of aromatic nitrogens is 3. The van der Waals surface area contributed by atoms with Gasteiger partial charge in [-0.2, -0.15) is 5.26 Å². The van der Waals surface area contributed by atoms with Crippen LogP contribution in [0, 0.1) is 11.3 Å². The quantitative estimate of drug-likeness (QED) is 0.690. The van der Waals surface area contributed by atoms with Crippen molar-refractivity contribution in [2.45, 2.75) is 19.4 Å². The van der Waals surface area contributed by atoms with Crippen molar-refractivity contribution in [2.24, 2.45) is 0 Å². The Morgan fingerprint density at radius 2 is 2.05 bits per heavy atom. The van der Waals surface area contributed by atoms with Gasteiger partial charge in [-0.05, 0) is 18.6 Å². The van der Waals surface area contributed by atoms with Gasteiger partial charge in [-0.1, -0.05) is 23.5 Å². The number of aryl methyl sites for hydroxylation is 1. The minimum absolute atomic E-state index is 0.0383. The molecule has 1 aliphatic heterocycles. The molecule has 0 aliphatic carbocycles. The van der Waals surface area contributed by atoms with Crippen molar-refractivity contribution < 1.29 is 0 Å². The molecule has 0 spiro atoms. The summed E-state index contributed by atoms with van der Waals surface area (Å²) in [5.74, 6) is 0.863. The second-order valence-corrected chi connectivity index (χ2v) is 5.93. The van der Waals surface area contributed by atoms with E-state index in [1.165, 1.54) is 11.3 Å². The van der Waals surface area contributed by atoms with Crippen LogP contribution in [-0.2, 0) is 13.0 Å². The number of thiazole rings is 1. The molecule has 0 fully saturated rings. The van der Waals surface area contributed by atoms with E-state index in [9.17, 15) is 4.79 Å². The lowest BCUT2D eigenvalue weighted by Crippen LogP contribution is -2.20. The predicted molar refractivity (Wildman–Crippen MR) is 80.1 cm³/mol. The lowest BCUT2D eigenvalue weighted by molar-refractivity contribution is 0.718. The monoisotopic (exact) mass is 294 g/mol. The highest BCUT2D eigenvalue weighted by Crippen LogP contribution is 2.28. The van der Waals surface area contributed by atoms with E-state index in [4.69, 9.17) is 5.26 Å². The smallest absolute Gasteiger partial charge is 0.280 e. The summed E-state index contributed by atoms with van der Waals surface area (Å²) in [6.45, 7) is 0.737. The first kappa shape index (κ1) is 12.2. The molecule has 0 amide bonds. The summed E-state index contributed by atoms with van der Waals surface area (Å²) < 4.78 is 1.73. The average Bonchev–Trinajstić information content (AvgIpc) is 3.14. The van der Waals surface area contributed by atoms with Crippen molar-refractivity contribution in [1.82, 2.24) is 14.5 Å². The van der Waals surface area contributed by atoms with Crippen molar-refractivity contribution in [2.75, 3.05) is 0 Å². The molecule has 5 nitrogen and oxygen atoms in total. The van der Waals surface area contributed by atoms with Gasteiger partial charge >= 0.3 is 0 Å². The first-order valence-electron chi connectivity index (χ1n) is 6.67. The Bertz CT molecular complexity index is 947. The van der Waals surface area contributed by atoms with Crippen molar-refractivity contribution >= 4 is 21.7 Å². The van der Waals surface area contributed by atoms with Crippen LogP contribution in [0.1, 0.15) is 17.8 Å². The summed E-state index contributed by atoms with van der Waals surface area (Å²) in [7, 11) is 0. The van der Waals surface area contributed by atoms with E-state index in [2.05, 4.69) is 16.0 Å². The molecule has 0 bridgehead atoms. The van der Waals surface area contributed by atoms with Crippen molar-refractivity contribution in [1.29, 1.82) is 5.26 Å². The van der Waals surface area contributed by atoms with Crippen LogP contribution in [0.25, 0.3) is 20.9 Å². The summed E-state index contributed by atoms with van der Waals surface area (Å²) in [4.78, 5) is 22.1. The first-order chi connectivity index (χ1) is 10.3. The van der Waals surface area contributed by atoms with Crippen molar-refractivity contribution in [3.05, 3.63) is 46.0 Å². The van der Waals surface area contributed by atoms with Crippen LogP contribution in [0.2, 0.25) is 0 Å². The molecule has 3 heterocycles. The number of nitrogens with zero attached hydrogens (tertiary/aromatic N) is 4. The fraction of sp³-hybridized carbons (Fsp3) is 0.200. The van der Waals surface area contributed by atoms with Crippen LogP contribution in [0.3, 0.4) is 0 Å². The maximum atomic E-state index is 12.4. The fourth-order valence-corrected chi connectivity index (χ4v) is 3.53. The second kappa shape index (κ2) is 4.50. The van der Waals surface area contributed by atoms with Gasteiger partial charge in [0.05, 0.1) is 11.6 Å². The molecule has 3 aromatic rings. The van der Waals surface area contributed by atoms with Crippen LogP contribution in [0.15, 0.2) is 29.1 Å². The number of fused-ring (bicyclic) bond motifs is 2. The average molecular weight is 294 g/mol. The maximum absolute atomic E-state index is 12.4. The van der Waals surface area contributed by atoms with Gasteiger partial charge in [-0.25, -0.2) is 9.97 Å². The number of hydrogen-bond acceptors (Lipinski definition) is 5. The Labute approximate surface area is 124 Å². The molecule has 1 aliphatic rings. The Morgan fingerprint density at radius 1 is 1.24 bits per heavy atom. The molecule has 2 aromatic heterocycles. The summed E-state index contributed by atoms with van der Waals surface area (Å²) >= 11 is 1.43. The molecule has 0 saturated heterocycles. The normalized spacial score (nSPS) is 13.3. The molecular weight excluding hydrogens is 284 g/mol. The zero-order valence-corrected chi connectivity index (χ0v) is 11.9. The van der Waals surface area contributed by atoms with Crippen LogP contribution in [0.4, 0.5) is 0 Å². The Kier molecular flexibility index (Phi) is 2.62. The van der Waals surface area contributed by atoms with Gasteiger partial charge in [0.1, 0.15) is 10.8 Å². The molecule has 0 N–H and O–H groups in total. The molecule has 21 heavy (non-hydrogen) atoms. The lowest BCUT2D eigenvalue weighted by atomic mass is 10.1. The van der Waals surface area contributed by atoms with E-state index in [0.717, 1.165) is 35.8 Å². The molecular formula is C15H10N4OS. The Hall–Kier alpha value is -2.52. The predicted octanol–water partition coefficient (Wildman–Crippen LogP) is 2.34. The van der Waals surface area contributed by atoms with Crippen LogP contribution in [-0.4, -0.2) is 14.5 Å². The van der Waals surface area contributed by atoms with E-state index >= 15 is 0 Å². The van der Waals surface area contributed by atoms with Crippen molar-refractivity contribution in [3.63, 3.8) is 0 Å². The molecule has 0 radical (unpaired) electrons. The number of hydrogen-bond donors (Lipinski definition) is 0. The third kappa shape index (κ3) is 1.86. The van der Waals surface area contributed by atoms with Gasteiger partial charge in [-0.3, -0.25) is 9.36 Å². The third-order valence-corrected chi connectivity index (χ3v) is 4.64. The van der Waals surface area contributed by atoms with E-state index < -0.39 is 0 Å². The van der Waals surface area contributed by atoms with Crippen molar-refractivity contribution in [3.8, 4) is 16.6 Å². The van der Waals surface area contributed by atoms with Gasteiger partial charge in [0.2, 0.25) is 0 Å². The van der Waals surface area contributed by atoms with E-state index in [1.807, 2.05) is 12.1 Å². The SMILES string of the molecule is N#Cc1ccc(-c2nc3c(=O)n4c(nc3s2)CCC4)cc1. The lowest BCUT2D eigenvalue weighted by Gasteiger charge is -1.99. The van der Waals surface area contributed by atoms with Crippen LogP contribution in [0.5, 0.6) is 0 Å². The molecule has 4 rings (SSSR count). The first-order valence-corrected chi connectivity index (χ1v) is 7.49. The zero-order chi connectivity index (χ0) is 14.4. The van der Waals surface area contributed by atoms with Crippen LogP contribution < -0.4 is 5.56 Å². The fourth-order valence-electron chi connectivity index (χ4n) is 2.58. The van der Waals surface area contributed by atoms with Gasteiger partial charge < -0.3 is 0 Å². The Morgan fingerprint density at radius 3 is 2.81 bits per heavy atom. The topological polar surface area (TPSA) is 71.6 Å². The highest BCUT2D eigenvalue weighted by molar-refractivity contribution is 7.21. The van der Waals surface area contributed by atoms with Gasteiger partial charge in [0.25, 0.3) is 5.56 Å². The Balaban J connectivity index is 1.89. The summed E-state index contributed by atoms with van der Waals surface area (Å²) in [5, 5.41) is 9.59. The molecule has 1 aromatic carbocycles. The molecule has 0 saturated carbocycles. The molecule has 6 heteroatoms. The molecule has 0 atom stereocenters. The highest BCUT2D eigenvalue weighted by Gasteiger charge is 2.19. The van der Waals surface area contributed by atoms with E-state index in [-0.39, 0.29) is 5.56 Å². The van der Waals surface area contributed by atoms with Gasteiger partial charge in [0.15, 0.2) is 10.3 Å². The summed E-state index contributed by atoms with van der Waals surface area (Å²) in [6, 6.07) is 9.29. The van der Waals surface area contributed by atoms with Gasteiger partial charge in [-0.15, -0.1) is 0 Å². The number of nitriles is 1. The number of benzene rings is 1. The zero-order valence-electron chi connectivity index (χ0n) is 11.0. The van der Waals surface area contributed by atoms with E-state index in [1.54, 1.807) is 16.7 Å². The minimum Gasteiger partial charge on any atom is -0.295 e. The number of rotatable bonds is 1. The van der Waals surface area contributed by atoms with Crippen LogP contribution >= 0.6 is 11.3 Å². The second-order valence-electron chi connectivity index (χ2n) is 4.95. The summed E-state index contributed by atoms with van der Waals surface area (Å²) in [6.07, 6.45) is 1.83. The largest absolute Gasteiger partial charge is 0.295 e. The molecule has 102 valence electrons. The maximum Gasteiger partial charge on any atom is 0.280 e. The van der Waals surface area contributed by atoms with E-state index in [0.29, 0.717) is 15.9 Å². The van der Waals surface area contributed by atoms with Gasteiger partial charge in [0, 0.05) is 18.5 Å². The minimum atomic E-state index is -0.0383. The standard InChI is InChI=1S/C15H10N4OS/c16-8-9-3-5-10(6-4-9)13-18-12-14(21-13)17-11-2-1-7-19(11)15(12)20/h3-6H,1-2,7H2.